The van der Waals surface area contributed by atoms with Gasteiger partial charge in [0.15, 0.2) is 0 Å². The molecule has 5 fully saturated rings. The first-order chi connectivity index (χ1) is 18.1. The van der Waals surface area contributed by atoms with E-state index in [1.807, 2.05) is 0 Å². The van der Waals surface area contributed by atoms with Crippen LogP contribution in [0.4, 0.5) is 0 Å². The number of hydrogen-bond donors (Lipinski definition) is 2. The van der Waals surface area contributed by atoms with E-state index >= 15 is 0 Å². The largest absolute Gasteiger partial charge is 0.316 e. The van der Waals surface area contributed by atoms with Crippen LogP contribution in [-0.4, -0.2) is 49.7 Å². The first kappa shape index (κ1) is 36.9. The second-order valence-corrected chi connectivity index (χ2v) is 15.1. The van der Waals surface area contributed by atoms with Crippen molar-refractivity contribution >= 4 is 0 Å². The van der Waals surface area contributed by atoms with Crippen molar-refractivity contribution in [3.8, 4) is 0 Å². The molecule has 0 amide bonds. The highest BCUT2D eigenvalue weighted by molar-refractivity contribution is 4.89. The maximum atomic E-state index is 3.41. The van der Waals surface area contributed by atoms with E-state index in [1.54, 1.807) is 0 Å². The van der Waals surface area contributed by atoms with Gasteiger partial charge in [-0.3, -0.25) is 0 Å². The van der Waals surface area contributed by atoms with E-state index in [9.17, 15) is 0 Å². The lowest BCUT2D eigenvalue weighted by atomic mass is 9.80. The van der Waals surface area contributed by atoms with Gasteiger partial charge in [0.25, 0.3) is 0 Å². The van der Waals surface area contributed by atoms with Crippen LogP contribution in [0.3, 0.4) is 0 Å². The first-order valence-corrected chi connectivity index (χ1v) is 17.3. The monoisotopic (exact) mass is 550 g/mol. The van der Waals surface area contributed by atoms with Gasteiger partial charge in [0.1, 0.15) is 0 Å². The molecule has 3 heteroatoms. The molecule has 39 heavy (non-hydrogen) atoms. The fourth-order valence-electron chi connectivity index (χ4n) is 7.07. The minimum absolute atomic E-state index is 0. The predicted molar refractivity (Wildman–Crippen MR) is 177 cm³/mol. The van der Waals surface area contributed by atoms with Gasteiger partial charge in [-0.05, 0) is 81.0 Å². The topological polar surface area (TPSA) is 27.3 Å². The Hall–Kier alpha value is -0.120. The standard InChI is InChI=1S/C10H19N.C10H20.C8H16.C7H16N2.CH4/c1-8(2)11-6-9-4-3-5-10(9)7-11;1-9(2)8-10-6-4-3-5-7-10;1-7(2)6-8-4-3-5-8;1-6(2)9-5-7-3-8-4-7;/h8-10H,3-7H2,1-2H3;9-10H,3-8H2,1-2H3;7-8H,3-6H2,1-2H3;6-9H,3-5H2,1-2H3;1H4. The van der Waals surface area contributed by atoms with Crippen molar-refractivity contribution in [2.45, 2.75) is 158 Å². The van der Waals surface area contributed by atoms with E-state index < -0.39 is 0 Å². The smallest absolute Gasteiger partial charge is 0.00388 e. The summed E-state index contributed by atoms with van der Waals surface area (Å²) in [5.41, 5.74) is 0. The van der Waals surface area contributed by atoms with Crippen molar-refractivity contribution in [3.05, 3.63) is 0 Å². The molecule has 2 unspecified atom stereocenters. The molecule has 2 aliphatic heterocycles. The van der Waals surface area contributed by atoms with Gasteiger partial charge in [0.2, 0.25) is 0 Å². The second-order valence-electron chi connectivity index (χ2n) is 15.1. The number of rotatable bonds is 8. The molecule has 2 saturated heterocycles. The molecule has 0 aromatic carbocycles. The van der Waals surface area contributed by atoms with Gasteiger partial charge in [-0.2, -0.15) is 0 Å². The van der Waals surface area contributed by atoms with E-state index in [2.05, 4.69) is 70.9 Å². The molecule has 0 radical (unpaired) electrons. The van der Waals surface area contributed by atoms with Crippen molar-refractivity contribution in [3.63, 3.8) is 0 Å². The lowest BCUT2D eigenvalue weighted by Crippen LogP contribution is -2.48. The number of likely N-dealkylation sites (tertiary alicyclic amines) is 1. The Morgan fingerprint density at radius 1 is 0.615 bits per heavy atom. The Morgan fingerprint density at radius 3 is 1.41 bits per heavy atom. The third-order valence-electron chi connectivity index (χ3n) is 9.72. The van der Waals surface area contributed by atoms with E-state index in [-0.39, 0.29) is 7.43 Å². The Balaban J connectivity index is 0.000000260. The predicted octanol–water partition coefficient (Wildman–Crippen LogP) is 9.41. The molecule has 0 aromatic heterocycles. The fraction of sp³-hybridized carbons (Fsp3) is 1.00. The summed E-state index contributed by atoms with van der Waals surface area (Å²) in [7, 11) is 0. The lowest BCUT2D eigenvalue weighted by molar-refractivity contribution is 0.254. The summed E-state index contributed by atoms with van der Waals surface area (Å²) in [6, 6.07) is 1.42. The van der Waals surface area contributed by atoms with E-state index in [0.29, 0.717) is 6.04 Å². The summed E-state index contributed by atoms with van der Waals surface area (Å²) in [5.74, 6) is 7.06. The molecule has 0 spiro atoms. The van der Waals surface area contributed by atoms with Gasteiger partial charge in [0.05, 0.1) is 0 Å². The summed E-state index contributed by atoms with van der Waals surface area (Å²) in [6.45, 7) is 24.7. The van der Waals surface area contributed by atoms with Gasteiger partial charge < -0.3 is 15.5 Å². The van der Waals surface area contributed by atoms with Crippen LogP contribution in [-0.2, 0) is 0 Å². The van der Waals surface area contributed by atoms with Crippen LogP contribution >= 0.6 is 0 Å². The Morgan fingerprint density at radius 2 is 1.08 bits per heavy atom. The van der Waals surface area contributed by atoms with E-state index in [0.717, 1.165) is 47.5 Å². The molecule has 5 aliphatic rings. The zero-order valence-electron chi connectivity index (χ0n) is 27.4. The van der Waals surface area contributed by atoms with Crippen molar-refractivity contribution < 1.29 is 0 Å². The van der Waals surface area contributed by atoms with Crippen LogP contribution in [0.2, 0.25) is 0 Å². The van der Waals surface area contributed by atoms with Crippen LogP contribution in [0.25, 0.3) is 0 Å². The first-order valence-electron chi connectivity index (χ1n) is 17.3. The molecule has 2 atom stereocenters. The van der Waals surface area contributed by atoms with Gasteiger partial charge in [-0.15, -0.1) is 0 Å². The highest BCUT2D eigenvalue weighted by Crippen LogP contribution is 2.38. The third-order valence-corrected chi connectivity index (χ3v) is 9.72. The quantitative estimate of drug-likeness (QED) is 0.316. The molecule has 5 rings (SSSR count). The second kappa shape index (κ2) is 20.7. The van der Waals surface area contributed by atoms with Crippen LogP contribution in [0.15, 0.2) is 0 Å². The van der Waals surface area contributed by atoms with Gasteiger partial charge >= 0.3 is 0 Å². The summed E-state index contributed by atoms with van der Waals surface area (Å²) in [4.78, 5) is 2.65. The average Bonchev–Trinajstić information content (AvgIpc) is 3.39. The number of hydrogen-bond acceptors (Lipinski definition) is 3. The molecule has 3 nitrogen and oxygen atoms in total. The zero-order chi connectivity index (χ0) is 27.9. The summed E-state index contributed by atoms with van der Waals surface area (Å²) < 4.78 is 0. The normalized spacial score (nSPS) is 25.5. The number of fused-ring (bicyclic) bond motifs is 1. The van der Waals surface area contributed by atoms with E-state index in [4.69, 9.17) is 0 Å². The van der Waals surface area contributed by atoms with Gasteiger partial charge in [-0.1, -0.05) is 107 Å². The SMILES string of the molecule is C.CC(C)CC1CCC1.CC(C)CC1CCCCC1.CC(C)N1CC2CCCC2C1.CC(C)NCC1CNC1. The van der Waals surface area contributed by atoms with Crippen molar-refractivity contribution in [1.82, 2.24) is 15.5 Å². The maximum Gasteiger partial charge on any atom is 0.00388 e. The van der Waals surface area contributed by atoms with Crippen molar-refractivity contribution in [1.29, 1.82) is 0 Å². The molecule has 3 saturated carbocycles. The minimum atomic E-state index is 0. The third kappa shape index (κ3) is 16.2. The fourth-order valence-corrected chi connectivity index (χ4v) is 7.07. The molecule has 234 valence electrons. The van der Waals surface area contributed by atoms with Crippen molar-refractivity contribution in [2.75, 3.05) is 32.7 Å². The average molecular weight is 550 g/mol. The Labute approximate surface area is 247 Å². The van der Waals surface area contributed by atoms with Gasteiger partial charge in [0, 0.05) is 44.8 Å². The van der Waals surface area contributed by atoms with Crippen LogP contribution in [0.5, 0.6) is 0 Å². The summed E-state index contributed by atoms with van der Waals surface area (Å²) in [5, 5.41) is 6.65. The van der Waals surface area contributed by atoms with Crippen LogP contribution < -0.4 is 10.6 Å². The van der Waals surface area contributed by atoms with Crippen LogP contribution in [0.1, 0.15) is 146 Å². The molecular weight excluding hydrogens is 474 g/mol. The molecular formula is C36H75N3. The minimum Gasteiger partial charge on any atom is -0.316 e. The van der Waals surface area contributed by atoms with Crippen LogP contribution in [0, 0.1) is 41.4 Å². The zero-order valence-corrected chi connectivity index (χ0v) is 27.4. The number of nitrogens with zero attached hydrogens (tertiary/aromatic N) is 1. The lowest BCUT2D eigenvalue weighted by Gasteiger charge is -2.28. The summed E-state index contributed by atoms with van der Waals surface area (Å²) in [6.07, 6.45) is 19.5. The van der Waals surface area contributed by atoms with E-state index in [1.165, 1.54) is 116 Å². The molecule has 0 aromatic rings. The van der Waals surface area contributed by atoms with Gasteiger partial charge in [-0.25, -0.2) is 0 Å². The Kier molecular flexibility index (Phi) is 19.6. The molecule has 2 N–H and O–H groups in total. The molecule has 2 heterocycles. The van der Waals surface area contributed by atoms with Crippen molar-refractivity contribution in [2.24, 2.45) is 41.4 Å². The number of nitrogens with one attached hydrogen (secondary N) is 2. The maximum absolute atomic E-state index is 3.41. The molecule has 3 aliphatic carbocycles. The summed E-state index contributed by atoms with van der Waals surface area (Å²) >= 11 is 0. The highest BCUT2D eigenvalue weighted by atomic mass is 15.2. The Bertz CT molecular complexity index is 546. The highest BCUT2D eigenvalue weighted by Gasteiger charge is 2.36. The molecule has 0 bridgehead atoms.